The van der Waals surface area contributed by atoms with Crippen LogP contribution in [0.3, 0.4) is 0 Å². The Morgan fingerprint density at radius 2 is 2.05 bits per heavy atom. The molecule has 0 aliphatic rings. The van der Waals surface area contributed by atoms with Gasteiger partial charge in [-0.2, -0.15) is 10.2 Å². The molecular weight excluding hydrogens is 294 g/mol. The minimum atomic E-state index is 0.547. The fourth-order valence-corrected chi connectivity index (χ4v) is 2.48. The molecule has 0 atom stereocenters. The van der Waals surface area contributed by atoms with E-state index in [2.05, 4.69) is 15.3 Å². The largest absolute Gasteiger partial charge is 0.294 e. The molecule has 0 amide bonds. The van der Waals surface area contributed by atoms with Crippen LogP contribution in [0.4, 0.5) is 0 Å². The molecule has 0 unspecified atom stereocenters. The van der Waals surface area contributed by atoms with E-state index < -0.39 is 0 Å². The van der Waals surface area contributed by atoms with Crippen molar-refractivity contribution < 1.29 is 0 Å². The number of benzene rings is 1. The fourth-order valence-electron chi connectivity index (χ4n) is 2.02. The van der Waals surface area contributed by atoms with Crippen molar-refractivity contribution in [1.82, 2.24) is 24.5 Å². The van der Waals surface area contributed by atoms with Crippen LogP contribution < -0.4 is 0 Å². The summed E-state index contributed by atoms with van der Waals surface area (Å²) in [6.07, 6.45) is 1.74. The molecule has 0 saturated carbocycles. The average molecular weight is 306 g/mol. The van der Waals surface area contributed by atoms with Crippen molar-refractivity contribution in [3.05, 3.63) is 51.9 Å². The maximum atomic E-state index is 6.18. The summed E-state index contributed by atoms with van der Waals surface area (Å²) in [6.45, 7) is 0.623. The van der Waals surface area contributed by atoms with Crippen molar-refractivity contribution in [2.24, 2.45) is 7.05 Å². The quantitative estimate of drug-likeness (QED) is 0.757. The second-order valence-electron chi connectivity index (χ2n) is 4.42. The third-order valence-electron chi connectivity index (χ3n) is 2.94. The van der Waals surface area contributed by atoms with Crippen molar-refractivity contribution in [2.75, 3.05) is 0 Å². The summed E-state index contributed by atoms with van der Waals surface area (Å²) < 4.78 is 4.09. The Balaban J connectivity index is 2.06. The zero-order valence-electron chi connectivity index (χ0n) is 10.7. The van der Waals surface area contributed by atoms with E-state index >= 15 is 0 Å². The summed E-state index contributed by atoms with van der Waals surface area (Å²) >= 11 is 11.5. The summed E-state index contributed by atoms with van der Waals surface area (Å²) in [5, 5.41) is 11.9. The molecule has 102 valence electrons. The zero-order valence-corrected chi connectivity index (χ0v) is 12.3. The van der Waals surface area contributed by atoms with E-state index in [0.717, 1.165) is 5.56 Å². The topological polar surface area (TPSA) is 51.4 Å². The number of halogens is 1. The maximum absolute atomic E-state index is 6.18. The minimum Gasteiger partial charge on any atom is -0.294 e. The van der Waals surface area contributed by atoms with Crippen molar-refractivity contribution in [1.29, 1.82) is 0 Å². The van der Waals surface area contributed by atoms with Gasteiger partial charge in [-0.05, 0) is 17.8 Å². The van der Waals surface area contributed by atoms with E-state index in [1.165, 1.54) is 0 Å². The number of nitrogens with one attached hydrogen (secondary N) is 1. The van der Waals surface area contributed by atoms with Crippen LogP contribution in [0, 0.1) is 4.77 Å². The molecule has 2 heterocycles. The Morgan fingerprint density at radius 1 is 1.30 bits per heavy atom. The van der Waals surface area contributed by atoms with Crippen LogP contribution in [0.1, 0.15) is 5.56 Å². The molecule has 0 radical (unpaired) electrons. The predicted octanol–water partition coefficient (Wildman–Crippen LogP) is 3.04. The number of rotatable bonds is 3. The highest BCUT2D eigenvalue weighted by Gasteiger charge is 2.16. The molecule has 0 aliphatic heterocycles. The van der Waals surface area contributed by atoms with Crippen LogP contribution in [0.15, 0.2) is 36.5 Å². The molecular formula is C13H12ClN5S. The Morgan fingerprint density at radius 3 is 2.70 bits per heavy atom. The van der Waals surface area contributed by atoms with Gasteiger partial charge in [0.2, 0.25) is 0 Å². The first-order valence-corrected chi connectivity index (χ1v) is 6.82. The lowest BCUT2D eigenvalue weighted by atomic mass is 10.2. The van der Waals surface area contributed by atoms with Gasteiger partial charge in [0.25, 0.3) is 0 Å². The Labute approximate surface area is 125 Å². The molecule has 0 fully saturated rings. The predicted molar refractivity (Wildman–Crippen MR) is 80.2 cm³/mol. The first-order valence-electron chi connectivity index (χ1n) is 6.04. The number of aromatic nitrogens is 5. The summed E-state index contributed by atoms with van der Waals surface area (Å²) in [4.78, 5) is 0. The summed E-state index contributed by atoms with van der Waals surface area (Å²) in [7, 11) is 1.82. The van der Waals surface area contributed by atoms with Crippen LogP contribution in [0.2, 0.25) is 5.02 Å². The van der Waals surface area contributed by atoms with Crippen LogP contribution in [-0.2, 0) is 13.6 Å². The van der Waals surface area contributed by atoms with E-state index in [1.807, 2.05) is 41.9 Å². The molecule has 5 nitrogen and oxygen atoms in total. The number of nitrogens with zero attached hydrogens (tertiary/aromatic N) is 4. The van der Waals surface area contributed by atoms with Gasteiger partial charge in [0.15, 0.2) is 10.6 Å². The van der Waals surface area contributed by atoms with Crippen molar-refractivity contribution in [3.8, 4) is 11.5 Å². The third kappa shape index (κ3) is 2.39. The normalized spacial score (nSPS) is 10.9. The van der Waals surface area contributed by atoms with Crippen molar-refractivity contribution in [3.63, 3.8) is 0 Å². The number of H-pyrrole nitrogens is 1. The molecule has 2 aromatic heterocycles. The van der Waals surface area contributed by atoms with Gasteiger partial charge < -0.3 is 0 Å². The van der Waals surface area contributed by atoms with E-state index in [4.69, 9.17) is 23.8 Å². The summed E-state index contributed by atoms with van der Waals surface area (Å²) in [5.74, 6) is 0.643. The van der Waals surface area contributed by atoms with Gasteiger partial charge in [0, 0.05) is 13.2 Å². The molecule has 3 aromatic rings. The van der Waals surface area contributed by atoms with Gasteiger partial charge in [-0.25, -0.2) is 0 Å². The van der Waals surface area contributed by atoms with Gasteiger partial charge in [-0.1, -0.05) is 41.9 Å². The fraction of sp³-hybridized carbons (Fsp3) is 0.154. The second kappa shape index (κ2) is 5.22. The molecule has 0 spiro atoms. The molecule has 1 aromatic carbocycles. The van der Waals surface area contributed by atoms with Gasteiger partial charge >= 0.3 is 0 Å². The Hall–Kier alpha value is -1.92. The first-order chi connectivity index (χ1) is 9.65. The first kappa shape index (κ1) is 13.1. The molecule has 20 heavy (non-hydrogen) atoms. The summed E-state index contributed by atoms with van der Waals surface area (Å²) in [6, 6.07) is 10.0. The van der Waals surface area contributed by atoms with E-state index in [-0.39, 0.29) is 0 Å². The lowest BCUT2D eigenvalue weighted by Crippen LogP contribution is -2.03. The van der Waals surface area contributed by atoms with E-state index in [0.29, 0.717) is 27.9 Å². The SMILES string of the molecule is Cn1cc(Cl)c(-c2n[nH]c(=S)n2Cc2ccccc2)n1. The van der Waals surface area contributed by atoms with Crippen molar-refractivity contribution >= 4 is 23.8 Å². The lowest BCUT2D eigenvalue weighted by molar-refractivity contribution is 0.754. The van der Waals surface area contributed by atoms with Crippen LogP contribution >= 0.6 is 23.8 Å². The molecule has 3 rings (SSSR count). The van der Waals surface area contributed by atoms with Crippen LogP contribution in [-0.4, -0.2) is 24.5 Å². The monoisotopic (exact) mass is 305 g/mol. The van der Waals surface area contributed by atoms with Gasteiger partial charge in [-0.15, -0.1) is 0 Å². The number of hydrogen-bond acceptors (Lipinski definition) is 3. The van der Waals surface area contributed by atoms with Crippen molar-refractivity contribution in [2.45, 2.75) is 6.54 Å². The Bertz CT molecular complexity index is 787. The molecule has 0 bridgehead atoms. The van der Waals surface area contributed by atoms with E-state index in [1.54, 1.807) is 10.9 Å². The van der Waals surface area contributed by atoms with E-state index in [9.17, 15) is 0 Å². The highest BCUT2D eigenvalue weighted by molar-refractivity contribution is 7.71. The zero-order chi connectivity index (χ0) is 14.1. The van der Waals surface area contributed by atoms with Gasteiger partial charge in [-0.3, -0.25) is 14.3 Å². The number of aromatic amines is 1. The minimum absolute atomic E-state index is 0.547. The van der Waals surface area contributed by atoms with Crippen LogP contribution in [0.5, 0.6) is 0 Å². The van der Waals surface area contributed by atoms with Gasteiger partial charge in [0.1, 0.15) is 5.69 Å². The highest BCUT2D eigenvalue weighted by atomic mass is 35.5. The summed E-state index contributed by atoms with van der Waals surface area (Å²) in [5.41, 5.74) is 1.76. The average Bonchev–Trinajstić information content (AvgIpc) is 2.95. The molecule has 0 aliphatic carbocycles. The van der Waals surface area contributed by atoms with Crippen LogP contribution in [0.25, 0.3) is 11.5 Å². The smallest absolute Gasteiger partial charge is 0.195 e. The highest BCUT2D eigenvalue weighted by Crippen LogP contribution is 2.24. The molecule has 1 N–H and O–H groups in total. The number of aryl methyl sites for hydroxylation is 1. The Kier molecular flexibility index (Phi) is 3.42. The van der Waals surface area contributed by atoms with Gasteiger partial charge in [0.05, 0.1) is 11.6 Å². The molecule has 0 saturated heterocycles. The maximum Gasteiger partial charge on any atom is 0.195 e. The second-order valence-corrected chi connectivity index (χ2v) is 5.22. The molecule has 7 heteroatoms. The standard InChI is InChI=1S/C13H12ClN5S/c1-18-8-10(14)11(17-18)12-15-16-13(20)19(12)7-9-5-3-2-4-6-9/h2-6,8H,7H2,1H3,(H,16,20). The third-order valence-corrected chi connectivity index (χ3v) is 3.53. The number of hydrogen-bond donors (Lipinski definition) is 1. The lowest BCUT2D eigenvalue weighted by Gasteiger charge is -2.05.